The highest BCUT2D eigenvalue weighted by molar-refractivity contribution is 5.81. The number of urea groups is 2. The highest BCUT2D eigenvalue weighted by Crippen LogP contribution is 2.36. The van der Waals surface area contributed by atoms with Crippen molar-refractivity contribution in [3.05, 3.63) is 11.6 Å². The molecule has 1 atom stereocenters. The molecular weight excluding hydrogens is 344 g/mol. The zero-order valence-electron chi connectivity index (χ0n) is 17.7. The fourth-order valence-electron chi connectivity index (χ4n) is 4.09. The van der Waals surface area contributed by atoms with E-state index in [-0.39, 0.29) is 18.1 Å². The molecule has 27 heavy (non-hydrogen) atoms. The Hall–Kier alpha value is -1.76. The largest absolute Gasteiger partial charge is 0.343 e. The molecule has 7 heteroatoms. The Bertz CT molecular complexity index is 586. The Balaban J connectivity index is 2.22. The topological polar surface area (TPSA) is 76.1 Å². The van der Waals surface area contributed by atoms with Crippen molar-refractivity contribution in [1.29, 1.82) is 0 Å². The standard InChI is InChI=1S/C20H36N4O3/c1-14(2)21-18(25)24(27)17-20(5,6)22(19(26)23(17)15(3)4)13-12-16-10-8-7-9-11-16/h10,14-15,17,27H,7-9,11-13H2,1-6H3,(H,21,25). The van der Waals surface area contributed by atoms with Crippen LogP contribution in [0.25, 0.3) is 0 Å². The van der Waals surface area contributed by atoms with Crippen LogP contribution in [0.4, 0.5) is 9.59 Å². The summed E-state index contributed by atoms with van der Waals surface area (Å²) in [6, 6.07) is -0.956. The molecule has 0 saturated carbocycles. The molecule has 1 fully saturated rings. The van der Waals surface area contributed by atoms with Gasteiger partial charge in [-0.3, -0.25) is 10.1 Å². The molecule has 4 amide bonds. The van der Waals surface area contributed by atoms with Gasteiger partial charge in [0.1, 0.15) is 0 Å². The number of carbonyl (C=O) groups excluding carboxylic acids is 2. The minimum atomic E-state index is -0.746. The van der Waals surface area contributed by atoms with Gasteiger partial charge in [0.15, 0.2) is 6.17 Å². The van der Waals surface area contributed by atoms with E-state index in [2.05, 4.69) is 11.4 Å². The molecule has 2 rings (SSSR count). The number of nitrogens with one attached hydrogen (secondary N) is 1. The molecule has 0 radical (unpaired) electrons. The maximum Gasteiger partial charge on any atom is 0.343 e. The molecule has 0 bridgehead atoms. The molecular formula is C20H36N4O3. The summed E-state index contributed by atoms with van der Waals surface area (Å²) >= 11 is 0. The molecule has 1 aliphatic carbocycles. The average molecular weight is 381 g/mol. The third-order valence-corrected chi connectivity index (χ3v) is 5.49. The van der Waals surface area contributed by atoms with Crippen LogP contribution >= 0.6 is 0 Å². The monoisotopic (exact) mass is 380 g/mol. The SMILES string of the molecule is CC(C)NC(=O)N(O)C1N(C(C)C)C(=O)N(CCC2=CCCCC2)C1(C)C. The number of carbonyl (C=O) groups is 2. The molecule has 0 aromatic rings. The second-order valence-corrected chi connectivity index (χ2v) is 8.77. The summed E-state index contributed by atoms with van der Waals surface area (Å²) in [4.78, 5) is 29.0. The van der Waals surface area contributed by atoms with Crippen LogP contribution in [0, 0.1) is 0 Å². The lowest BCUT2D eigenvalue weighted by molar-refractivity contribution is -0.137. The van der Waals surface area contributed by atoms with Crippen LogP contribution in [0.2, 0.25) is 0 Å². The van der Waals surface area contributed by atoms with Gasteiger partial charge in [-0.15, -0.1) is 0 Å². The Labute approximate surface area is 163 Å². The summed E-state index contributed by atoms with van der Waals surface area (Å²) in [6.07, 6.45) is 7.06. The number of hydrogen-bond donors (Lipinski definition) is 2. The third kappa shape index (κ3) is 4.57. The van der Waals surface area contributed by atoms with Gasteiger partial charge in [0.25, 0.3) is 0 Å². The van der Waals surface area contributed by atoms with Gasteiger partial charge in [0.05, 0.1) is 5.54 Å². The van der Waals surface area contributed by atoms with Crippen LogP contribution in [-0.4, -0.2) is 62.5 Å². The smallest absolute Gasteiger partial charge is 0.334 e. The van der Waals surface area contributed by atoms with Crippen molar-refractivity contribution in [1.82, 2.24) is 20.2 Å². The van der Waals surface area contributed by atoms with E-state index in [1.165, 1.54) is 18.4 Å². The van der Waals surface area contributed by atoms with E-state index in [0.717, 1.165) is 19.3 Å². The zero-order valence-corrected chi connectivity index (χ0v) is 17.7. The maximum atomic E-state index is 13.2. The highest BCUT2D eigenvalue weighted by Gasteiger charge is 2.55. The van der Waals surface area contributed by atoms with Crippen molar-refractivity contribution in [2.24, 2.45) is 0 Å². The first-order chi connectivity index (χ1) is 12.6. The first-order valence-corrected chi connectivity index (χ1v) is 10.1. The molecule has 1 heterocycles. The van der Waals surface area contributed by atoms with Gasteiger partial charge in [0, 0.05) is 18.6 Å². The Kier molecular flexibility index (Phi) is 6.78. The van der Waals surface area contributed by atoms with Crippen LogP contribution in [0.1, 0.15) is 73.6 Å². The molecule has 1 unspecified atom stereocenters. The van der Waals surface area contributed by atoms with Crippen LogP contribution in [0.5, 0.6) is 0 Å². The molecule has 0 aromatic heterocycles. The fourth-order valence-corrected chi connectivity index (χ4v) is 4.09. The molecule has 1 aliphatic heterocycles. The van der Waals surface area contributed by atoms with Gasteiger partial charge in [-0.25, -0.2) is 9.59 Å². The van der Waals surface area contributed by atoms with Gasteiger partial charge >= 0.3 is 12.1 Å². The van der Waals surface area contributed by atoms with Gasteiger partial charge in [-0.1, -0.05) is 11.6 Å². The molecule has 1 saturated heterocycles. The summed E-state index contributed by atoms with van der Waals surface area (Å²) in [5.74, 6) is 0. The molecule has 2 aliphatic rings. The molecule has 0 aromatic carbocycles. The summed E-state index contributed by atoms with van der Waals surface area (Å²) in [6.45, 7) is 11.9. The summed E-state index contributed by atoms with van der Waals surface area (Å²) in [5.41, 5.74) is 0.697. The Morgan fingerprint density at radius 3 is 2.52 bits per heavy atom. The van der Waals surface area contributed by atoms with Gasteiger partial charge in [-0.05, 0) is 73.6 Å². The number of hydrogen-bond acceptors (Lipinski definition) is 3. The Morgan fingerprint density at radius 2 is 2.00 bits per heavy atom. The summed E-state index contributed by atoms with van der Waals surface area (Å²) in [5, 5.41) is 14.1. The van der Waals surface area contributed by atoms with Crippen molar-refractivity contribution in [2.75, 3.05) is 6.54 Å². The second-order valence-electron chi connectivity index (χ2n) is 8.77. The number of nitrogens with zero attached hydrogens (tertiary/aromatic N) is 3. The lowest BCUT2D eigenvalue weighted by Gasteiger charge is -2.39. The van der Waals surface area contributed by atoms with E-state index < -0.39 is 17.7 Å². The number of rotatable bonds is 6. The Morgan fingerprint density at radius 1 is 1.33 bits per heavy atom. The predicted octanol–water partition coefficient (Wildman–Crippen LogP) is 3.94. The number of amides is 4. The van der Waals surface area contributed by atoms with E-state index >= 15 is 0 Å². The lowest BCUT2D eigenvalue weighted by atomic mass is 9.95. The minimum absolute atomic E-state index is 0.103. The van der Waals surface area contributed by atoms with E-state index in [1.807, 2.05) is 41.5 Å². The zero-order chi connectivity index (χ0) is 20.4. The third-order valence-electron chi connectivity index (χ3n) is 5.49. The normalized spacial score (nSPS) is 22.5. The van der Waals surface area contributed by atoms with E-state index in [0.29, 0.717) is 11.6 Å². The van der Waals surface area contributed by atoms with Crippen LogP contribution < -0.4 is 5.32 Å². The molecule has 154 valence electrons. The van der Waals surface area contributed by atoms with Crippen molar-refractivity contribution in [3.8, 4) is 0 Å². The predicted molar refractivity (Wildman–Crippen MR) is 105 cm³/mol. The maximum absolute atomic E-state index is 13.2. The molecule has 0 spiro atoms. The quantitative estimate of drug-likeness (QED) is 0.416. The first-order valence-electron chi connectivity index (χ1n) is 10.1. The number of allylic oxidation sites excluding steroid dienone is 1. The van der Waals surface area contributed by atoms with Gasteiger partial charge < -0.3 is 10.2 Å². The van der Waals surface area contributed by atoms with Crippen molar-refractivity contribution >= 4 is 12.1 Å². The molecule has 2 N–H and O–H groups in total. The highest BCUT2D eigenvalue weighted by atomic mass is 16.5. The van der Waals surface area contributed by atoms with Crippen molar-refractivity contribution in [3.63, 3.8) is 0 Å². The minimum Gasteiger partial charge on any atom is -0.334 e. The van der Waals surface area contributed by atoms with E-state index in [4.69, 9.17) is 0 Å². The van der Waals surface area contributed by atoms with E-state index in [1.54, 1.807) is 9.80 Å². The molecule has 7 nitrogen and oxygen atoms in total. The summed E-state index contributed by atoms with van der Waals surface area (Å²) in [7, 11) is 0. The van der Waals surface area contributed by atoms with Gasteiger partial charge in [-0.2, -0.15) is 5.06 Å². The lowest BCUT2D eigenvalue weighted by Crippen LogP contribution is -2.60. The van der Waals surface area contributed by atoms with Crippen LogP contribution in [0.3, 0.4) is 0 Å². The first kappa shape index (κ1) is 21.5. The second kappa shape index (κ2) is 8.50. The van der Waals surface area contributed by atoms with Crippen LogP contribution in [-0.2, 0) is 0 Å². The summed E-state index contributed by atoms with van der Waals surface area (Å²) < 4.78 is 0. The van der Waals surface area contributed by atoms with Gasteiger partial charge in [0.2, 0.25) is 0 Å². The average Bonchev–Trinajstić information content (AvgIpc) is 2.78. The fraction of sp³-hybridized carbons (Fsp3) is 0.800. The van der Waals surface area contributed by atoms with E-state index in [9.17, 15) is 14.8 Å². The van der Waals surface area contributed by atoms with Crippen molar-refractivity contribution in [2.45, 2.75) is 97.4 Å². The van der Waals surface area contributed by atoms with Crippen molar-refractivity contribution < 1.29 is 14.8 Å². The number of hydroxylamine groups is 2. The van der Waals surface area contributed by atoms with Crippen LogP contribution in [0.15, 0.2) is 11.6 Å².